The van der Waals surface area contributed by atoms with Crippen LogP contribution < -0.4 is 5.32 Å². The highest BCUT2D eigenvalue weighted by Gasteiger charge is 2.59. The van der Waals surface area contributed by atoms with Crippen molar-refractivity contribution in [1.29, 1.82) is 0 Å². The number of esters is 1. The summed E-state index contributed by atoms with van der Waals surface area (Å²) in [7, 11) is 1.31. The number of aromatic nitrogens is 2. The zero-order valence-corrected chi connectivity index (χ0v) is 17.9. The Bertz CT molecular complexity index is 951. The molecule has 29 heavy (non-hydrogen) atoms. The van der Waals surface area contributed by atoms with Crippen LogP contribution in [0.25, 0.3) is 0 Å². The Labute approximate surface area is 177 Å². The lowest BCUT2D eigenvalue weighted by molar-refractivity contribution is -0.138. The Kier molecular flexibility index (Phi) is 4.38. The molecule has 1 N–H and O–H groups in total. The third-order valence-electron chi connectivity index (χ3n) is 6.73. The van der Waals surface area contributed by atoms with E-state index >= 15 is 0 Å². The first kappa shape index (κ1) is 18.9. The summed E-state index contributed by atoms with van der Waals surface area (Å²) in [5.41, 5.74) is 0.431. The van der Waals surface area contributed by atoms with Gasteiger partial charge in [0.05, 0.1) is 31.0 Å². The van der Waals surface area contributed by atoms with E-state index in [2.05, 4.69) is 31.1 Å². The van der Waals surface area contributed by atoms with Gasteiger partial charge < -0.3 is 14.5 Å². The number of hydrogen-bond donors (Lipinski definition) is 1. The predicted octanol–water partition coefficient (Wildman–Crippen LogP) is 3.98. The monoisotopic (exact) mass is 461 g/mol. The van der Waals surface area contributed by atoms with E-state index in [0.717, 1.165) is 19.3 Å². The number of carbonyl (C=O) groups excluding carboxylic acids is 2. The van der Waals surface area contributed by atoms with Crippen molar-refractivity contribution in [2.75, 3.05) is 12.4 Å². The van der Waals surface area contributed by atoms with E-state index in [1.54, 1.807) is 29.2 Å². The number of methoxy groups -OCH3 is 1. The number of alkyl halides is 1. The van der Waals surface area contributed by atoms with Gasteiger partial charge in [-0.3, -0.25) is 9.48 Å². The van der Waals surface area contributed by atoms with Gasteiger partial charge in [0.25, 0.3) is 0 Å². The SMILES string of the molecule is COC(=O)c1ccc(Cn2cc(NC(=O)C34CC5CC(CC(Br)(C5)C3)C4)cn2)o1. The van der Waals surface area contributed by atoms with Crippen LogP contribution in [0.2, 0.25) is 0 Å². The van der Waals surface area contributed by atoms with Crippen LogP contribution in [-0.2, 0) is 16.1 Å². The highest BCUT2D eigenvalue weighted by molar-refractivity contribution is 9.10. The molecule has 2 atom stereocenters. The zero-order valence-electron chi connectivity index (χ0n) is 16.3. The minimum Gasteiger partial charge on any atom is -0.463 e. The van der Waals surface area contributed by atoms with E-state index in [-0.39, 0.29) is 21.4 Å². The van der Waals surface area contributed by atoms with Crippen LogP contribution in [-0.4, -0.2) is 33.1 Å². The highest BCUT2D eigenvalue weighted by atomic mass is 79.9. The third kappa shape index (κ3) is 3.41. The van der Waals surface area contributed by atoms with E-state index < -0.39 is 5.97 Å². The normalized spacial score (nSPS) is 32.3. The number of ether oxygens (including phenoxy) is 1. The van der Waals surface area contributed by atoms with E-state index in [1.165, 1.54) is 26.4 Å². The van der Waals surface area contributed by atoms with Crippen LogP contribution in [0.5, 0.6) is 0 Å². The summed E-state index contributed by atoms with van der Waals surface area (Å²) in [6.07, 6.45) is 10.1. The maximum absolute atomic E-state index is 13.2. The Morgan fingerprint density at radius 1 is 1.31 bits per heavy atom. The molecular weight excluding hydrogens is 438 g/mol. The molecule has 6 rings (SSSR count). The molecule has 1 amide bonds. The fraction of sp³-hybridized carbons (Fsp3) is 0.571. The Balaban J connectivity index is 1.26. The second kappa shape index (κ2) is 6.72. The van der Waals surface area contributed by atoms with Gasteiger partial charge in [-0.05, 0) is 62.5 Å². The van der Waals surface area contributed by atoms with Crippen molar-refractivity contribution in [1.82, 2.24) is 9.78 Å². The van der Waals surface area contributed by atoms with Crippen molar-refractivity contribution < 1.29 is 18.7 Å². The second-order valence-electron chi connectivity index (χ2n) is 9.03. The first-order valence-corrected chi connectivity index (χ1v) is 10.9. The molecule has 2 heterocycles. The van der Waals surface area contributed by atoms with Gasteiger partial charge in [-0.2, -0.15) is 5.10 Å². The molecule has 0 aliphatic heterocycles. The quantitative estimate of drug-likeness (QED) is 0.537. The minimum absolute atomic E-state index is 0.126. The summed E-state index contributed by atoms with van der Waals surface area (Å²) in [5.74, 6) is 1.69. The van der Waals surface area contributed by atoms with E-state index in [0.29, 0.717) is 29.8 Å². The van der Waals surface area contributed by atoms with Crippen molar-refractivity contribution in [3.05, 3.63) is 36.0 Å². The molecule has 4 fully saturated rings. The molecule has 2 unspecified atom stereocenters. The molecule has 7 nitrogen and oxygen atoms in total. The van der Waals surface area contributed by atoms with Crippen LogP contribution in [0.3, 0.4) is 0 Å². The maximum atomic E-state index is 13.2. The fourth-order valence-corrected chi connectivity index (χ4v) is 7.48. The number of rotatable bonds is 5. The summed E-state index contributed by atoms with van der Waals surface area (Å²) < 4.78 is 12.0. The number of carbonyl (C=O) groups is 2. The molecule has 0 radical (unpaired) electrons. The third-order valence-corrected chi connectivity index (χ3v) is 7.66. The van der Waals surface area contributed by atoms with Crippen LogP contribution in [0.1, 0.15) is 54.8 Å². The lowest BCUT2D eigenvalue weighted by Gasteiger charge is -2.59. The number of halogens is 1. The first-order valence-electron chi connectivity index (χ1n) is 10.1. The van der Waals surface area contributed by atoms with Crippen molar-refractivity contribution in [2.24, 2.45) is 17.3 Å². The van der Waals surface area contributed by atoms with Gasteiger partial charge in [-0.15, -0.1) is 0 Å². The van der Waals surface area contributed by atoms with Crippen molar-refractivity contribution in [2.45, 2.75) is 49.4 Å². The number of nitrogens with zero attached hydrogens (tertiary/aromatic N) is 2. The molecule has 4 aliphatic carbocycles. The largest absolute Gasteiger partial charge is 0.463 e. The van der Waals surface area contributed by atoms with Crippen LogP contribution in [0.4, 0.5) is 5.69 Å². The number of hydrogen-bond acceptors (Lipinski definition) is 5. The average Bonchev–Trinajstić information content (AvgIpc) is 3.29. The van der Waals surface area contributed by atoms with Crippen LogP contribution >= 0.6 is 15.9 Å². The molecule has 0 aromatic carbocycles. The smallest absolute Gasteiger partial charge is 0.373 e. The molecule has 2 aromatic rings. The summed E-state index contributed by atoms with van der Waals surface area (Å²) in [4.78, 5) is 24.7. The molecule has 0 saturated heterocycles. The van der Waals surface area contributed by atoms with Gasteiger partial charge in [0.15, 0.2) is 0 Å². The van der Waals surface area contributed by atoms with E-state index in [1.807, 2.05) is 0 Å². The second-order valence-corrected chi connectivity index (χ2v) is 10.7. The number of nitrogens with one attached hydrogen (secondary N) is 1. The van der Waals surface area contributed by atoms with Gasteiger partial charge in [-0.25, -0.2) is 4.79 Å². The van der Waals surface area contributed by atoms with Gasteiger partial charge in [-0.1, -0.05) is 15.9 Å². The first-order chi connectivity index (χ1) is 13.9. The zero-order chi connectivity index (χ0) is 20.2. The lowest BCUT2D eigenvalue weighted by Crippen LogP contribution is -2.57. The summed E-state index contributed by atoms with van der Waals surface area (Å²) in [6.45, 7) is 0.368. The summed E-state index contributed by atoms with van der Waals surface area (Å²) in [6, 6.07) is 3.30. The Morgan fingerprint density at radius 2 is 2.07 bits per heavy atom. The van der Waals surface area contributed by atoms with Gasteiger partial charge >= 0.3 is 5.97 Å². The van der Waals surface area contributed by atoms with Crippen molar-refractivity contribution >= 4 is 33.5 Å². The average molecular weight is 462 g/mol. The van der Waals surface area contributed by atoms with E-state index in [9.17, 15) is 9.59 Å². The Hall–Kier alpha value is -2.09. The molecule has 4 aliphatic rings. The number of anilines is 1. The summed E-state index contributed by atoms with van der Waals surface area (Å²) >= 11 is 3.96. The number of amides is 1. The van der Waals surface area contributed by atoms with E-state index in [4.69, 9.17) is 4.42 Å². The summed E-state index contributed by atoms with van der Waals surface area (Å²) in [5, 5.41) is 7.42. The molecule has 4 bridgehead atoms. The molecule has 154 valence electrons. The van der Waals surface area contributed by atoms with Gasteiger partial charge in [0.1, 0.15) is 5.76 Å². The maximum Gasteiger partial charge on any atom is 0.373 e. The molecule has 0 spiro atoms. The van der Waals surface area contributed by atoms with Crippen LogP contribution in [0, 0.1) is 17.3 Å². The molecular formula is C21H24BrN3O4. The van der Waals surface area contributed by atoms with Crippen molar-refractivity contribution in [3.63, 3.8) is 0 Å². The van der Waals surface area contributed by atoms with Gasteiger partial charge in [0, 0.05) is 10.5 Å². The topological polar surface area (TPSA) is 86.4 Å². The van der Waals surface area contributed by atoms with Crippen molar-refractivity contribution in [3.8, 4) is 0 Å². The van der Waals surface area contributed by atoms with Crippen LogP contribution in [0.15, 0.2) is 28.9 Å². The Morgan fingerprint density at radius 3 is 2.76 bits per heavy atom. The standard InChI is InChI=1S/C21H24BrN3O4/c1-28-18(26)17-3-2-16(29-17)11-25-10-15(9-23-25)24-19(27)20-5-13-4-14(6-20)8-21(22,7-13)12-20/h2-3,9-10,13-14H,4-8,11-12H2,1H3,(H,24,27). The molecule has 2 aromatic heterocycles. The molecule has 8 heteroatoms. The van der Waals surface area contributed by atoms with Gasteiger partial charge in [0.2, 0.25) is 11.7 Å². The number of furan rings is 1. The molecule has 4 saturated carbocycles. The lowest BCUT2D eigenvalue weighted by atomic mass is 9.49. The predicted molar refractivity (Wildman–Crippen MR) is 109 cm³/mol. The fourth-order valence-electron chi connectivity index (χ4n) is 6.03. The minimum atomic E-state index is -0.509. The highest BCUT2D eigenvalue weighted by Crippen LogP contribution is 2.64.